The van der Waals surface area contributed by atoms with Gasteiger partial charge in [-0.15, -0.1) is 0 Å². The van der Waals surface area contributed by atoms with Gasteiger partial charge in [0.2, 0.25) is 0 Å². The first-order chi connectivity index (χ1) is 8.86. The van der Waals surface area contributed by atoms with Crippen LogP contribution in [0.1, 0.15) is 43.6 Å². The molecule has 0 bridgehead atoms. The molecule has 2 aliphatic carbocycles. The maximum absolute atomic E-state index is 5.38. The molecule has 0 fully saturated rings. The Hall–Kier alpha value is -1.50. The van der Waals surface area contributed by atoms with Crippen molar-refractivity contribution in [1.82, 2.24) is 0 Å². The Morgan fingerprint density at radius 3 is 2.72 bits per heavy atom. The fourth-order valence-corrected chi connectivity index (χ4v) is 3.19. The zero-order valence-corrected chi connectivity index (χ0v) is 11.0. The SMILES string of the molecule is COC1=CCC2=C(CC[C@H](c3ccccc3)C2)C1. The highest BCUT2D eigenvalue weighted by Gasteiger charge is 2.24. The number of methoxy groups -OCH3 is 1. The van der Waals surface area contributed by atoms with E-state index in [2.05, 4.69) is 36.4 Å². The molecule has 3 rings (SSSR count). The van der Waals surface area contributed by atoms with Gasteiger partial charge < -0.3 is 4.74 Å². The van der Waals surface area contributed by atoms with Crippen LogP contribution in [0.5, 0.6) is 0 Å². The average Bonchev–Trinajstić information content (AvgIpc) is 2.47. The zero-order valence-electron chi connectivity index (χ0n) is 11.0. The summed E-state index contributed by atoms with van der Waals surface area (Å²) in [5.41, 5.74) is 4.81. The minimum absolute atomic E-state index is 0.724. The quantitative estimate of drug-likeness (QED) is 0.688. The van der Waals surface area contributed by atoms with Gasteiger partial charge in [0.05, 0.1) is 12.9 Å². The van der Waals surface area contributed by atoms with E-state index in [0.717, 1.165) is 24.5 Å². The minimum Gasteiger partial charge on any atom is -0.501 e. The average molecular weight is 240 g/mol. The number of rotatable bonds is 2. The number of ether oxygens (including phenoxy) is 1. The number of hydrogen-bond donors (Lipinski definition) is 0. The summed E-state index contributed by atoms with van der Waals surface area (Å²) < 4.78 is 5.38. The molecule has 18 heavy (non-hydrogen) atoms. The van der Waals surface area contributed by atoms with E-state index in [0.29, 0.717) is 0 Å². The van der Waals surface area contributed by atoms with Crippen molar-refractivity contribution in [2.24, 2.45) is 0 Å². The predicted octanol–water partition coefficient (Wildman–Crippen LogP) is 4.57. The smallest absolute Gasteiger partial charge is 0.0959 e. The van der Waals surface area contributed by atoms with Gasteiger partial charge in [-0.2, -0.15) is 0 Å². The summed E-state index contributed by atoms with van der Waals surface area (Å²) in [7, 11) is 1.78. The summed E-state index contributed by atoms with van der Waals surface area (Å²) in [5.74, 6) is 1.88. The maximum atomic E-state index is 5.38. The lowest BCUT2D eigenvalue weighted by Gasteiger charge is -2.30. The highest BCUT2D eigenvalue weighted by Crippen LogP contribution is 2.41. The highest BCUT2D eigenvalue weighted by molar-refractivity contribution is 5.33. The Morgan fingerprint density at radius 1 is 1.11 bits per heavy atom. The third kappa shape index (κ3) is 2.22. The van der Waals surface area contributed by atoms with Crippen LogP contribution in [0, 0.1) is 0 Å². The van der Waals surface area contributed by atoms with Gasteiger partial charge in [-0.1, -0.05) is 41.5 Å². The standard InChI is InChI=1S/C17H20O/c1-18-17-10-9-15-11-14(7-8-16(15)12-17)13-5-3-2-4-6-13/h2-6,10,14H,7-9,11-12H2,1H3/t14-/m0/s1. The van der Waals surface area contributed by atoms with Crippen molar-refractivity contribution in [3.63, 3.8) is 0 Å². The van der Waals surface area contributed by atoms with Gasteiger partial charge in [-0.3, -0.25) is 0 Å². The molecule has 0 amide bonds. The molecule has 0 aliphatic heterocycles. The molecule has 94 valence electrons. The summed E-state index contributed by atoms with van der Waals surface area (Å²) in [6, 6.07) is 11.0. The molecule has 0 spiro atoms. The van der Waals surface area contributed by atoms with Crippen LogP contribution >= 0.6 is 0 Å². The number of allylic oxidation sites excluding steroid dienone is 3. The molecule has 0 heterocycles. The van der Waals surface area contributed by atoms with Crippen LogP contribution in [0.25, 0.3) is 0 Å². The molecule has 0 aromatic heterocycles. The van der Waals surface area contributed by atoms with E-state index >= 15 is 0 Å². The van der Waals surface area contributed by atoms with Gasteiger partial charge in [0, 0.05) is 6.42 Å². The van der Waals surface area contributed by atoms with Gasteiger partial charge in [0.25, 0.3) is 0 Å². The molecular formula is C17H20O. The molecule has 0 saturated heterocycles. The molecule has 0 N–H and O–H groups in total. The van der Waals surface area contributed by atoms with E-state index in [-0.39, 0.29) is 0 Å². The van der Waals surface area contributed by atoms with E-state index in [1.807, 2.05) is 0 Å². The molecule has 2 aliphatic rings. The van der Waals surface area contributed by atoms with Crippen molar-refractivity contribution >= 4 is 0 Å². The van der Waals surface area contributed by atoms with Crippen LogP contribution in [0.3, 0.4) is 0 Å². The molecule has 1 heteroatoms. The molecule has 1 aromatic rings. The Labute approximate surface area is 109 Å². The van der Waals surface area contributed by atoms with Crippen molar-refractivity contribution in [3.8, 4) is 0 Å². The summed E-state index contributed by atoms with van der Waals surface area (Å²) in [4.78, 5) is 0. The predicted molar refractivity (Wildman–Crippen MR) is 74.4 cm³/mol. The van der Waals surface area contributed by atoms with Crippen LogP contribution in [-0.4, -0.2) is 7.11 Å². The Balaban J connectivity index is 1.75. The third-order valence-electron chi connectivity index (χ3n) is 4.28. The van der Waals surface area contributed by atoms with Crippen molar-refractivity contribution in [2.45, 2.75) is 38.0 Å². The van der Waals surface area contributed by atoms with E-state index in [4.69, 9.17) is 4.74 Å². The summed E-state index contributed by atoms with van der Waals surface area (Å²) >= 11 is 0. The monoisotopic (exact) mass is 240 g/mol. The third-order valence-corrected chi connectivity index (χ3v) is 4.28. The maximum Gasteiger partial charge on any atom is 0.0959 e. The lowest BCUT2D eigenvalue weighted by atomic mass is 9.76. The van der Waals surface area contributed by atoms with Crippen LogP contribution in [-0.2, 0) is 4.74 Å². The number of benzene rings is 1. The Morgan fingerprint density at radius 2 is 1.94 bits per heavy atom. The normalized spacial score (nSPS) is 23.4. The van der Waals surface area contributed by atoms with Gasteiger partial charge >= 0.3 is 0 Å². The van der Waals surface area contributed by atoms with Gasteiger partial charge in [-0.25, -0.2) is 0 Å². The summed E-state index contributed by atoms with van der Waals surface area (Å²) in [5, 5.41) is 0. The largest absolute Gasteiger partial charge is 0.501 e. The molecule has 1 atom stereocenters. The fourth-order valence-electron chi connectivity index (χ4n) is 3.19. The van der Waals surface area contributed by atoms with Crippen LogP contribution in [0.4, 0.5) is 0 Å². The fraction of sp³-hybridized carbons (Fsp3) is 0.412. The summed E-state index contributed by atoms with van der Waals surface area (Å²) in [6.07, 6.45) is 8.18. The van der Waals surface area contributed by atoms with Crippen molar-refractivity contribution in [2.75, 3.05) is 7.11 Å². The van der Waals surface area contributed by atoms with Crippen LogP contribution < -0.4 is 0 Å². The molecule has 0 saturated carbocycles. The van der Waals surface area contributed by atoms with Crippen LogP contribution in [0.15, 0.2) is 53.3 Å². The molecule has 1 nitrogen and oxygen atoms in total. The minimum atomic E-state index is 0.724. The van der Waals surface area contributed by atoms with Gasteiger partial charge in [0.1, 0.15) is 0 Å². The molecule has 0 unspecified atom stereocenters. The van der Waals surface area contributed by atoms with Crippen molar-refractivity contribution in [1.29, 1.82) is 0 Å². The van der Waals surface area contributed by atoms with E-state index in [1.165, 1.54) is 24.8 Å². The second kappa shape index (κ2) is 5.01. The summed E-state index contributed by atoms with van der Waals surface area (Å²) in [6.45, 7) is 0. The second-order valence-corrected chi connectivity index (χ2v) is 5.31. The van der Waals surface area contributed by atoms with E-state index in [9.17, 15) is 0 Å². The molecule has 0 radical (unpaired) electrons. The zero-order chi connectivity index (χ0) is 12.4. The van der Waals surface area contributed by atoms with E-state index < -0.39 is 0 Å². The molecule has 1 aromatic carbocycles. The van der Waals surface area contributed by atoms with Gasteiger partial charge in [-0.05, 0) is 43.2 Å². The highest BCUT2D eigenvalue weighted by atomic mass is 16.5. The first-order valence-electron chi connectivity index (χ1n) is 6.84. The van der Waals surface area contributed by atoms with Gasteiger partial charge in [0.15, 0.2) is 0 Å². The van der Waals surface area contributed by atoms with Crippen molar-refractivity contribution < 1.29 is 4.74 Å². The van der Waals surface area contributed by atoms with Crippen molar-refractivity contribution in [3.05, 3.63) is 58.9 Å². The van der Waals surface area contributed by atoms with Crippen LogP contribution in [0.2, 0.25) is 0 Å². The lowest BCUT2D eigenvalue weighted by molar-refractivity contribution is 0.277. The Kier molecular flexibility index (Phi) is 3.22. The molecular weight excluding hydrogens is 220 g/mol. The first kappa shape index (κ1) is 11.6. The first-order valence-corrected chi connectivity index (χ1v) is 6.84. The topological polar surface area (TPSA) is 9.23 Å². The Bertz CT molecular complexity index is 482. The number of hydrogen-bond acceptors (Lipinski definition) is 1. The van der Waals surface area contributed by atoms with E-state index in [1.54, 1.807) is 18.3 Å². The second-order valence-electron chi connectivity index (χ2n) is 5.31. The lowest BCUT2D eigenvalue weighted by Crippen LogP contribution is -2.12.